The first-order valence-electron chi connectivity index (χ1n) is 7.37. The molecule has 1 aromatic rings. The van der Waals surface area contributed by atoms with Crippen molar-refractivity contribution in [3.63, 3.8) is 0 Å². The van der Waals surface area contributed by atoms with E-state index < -0.39 is 10.8 Å². The Hall–Kier alpha value is -2.71. The lowest BCUT2D eigenvalue weighted by molar-refractivity contribution is -0.385. The van der Waals surface area contributed by atoms with E-state index in [1.165, 1.54) is 0 Å². The van der Waals surface area contributed by atoms with Crippen LogP contribution in [0.1, 0.15) is 36.5 Å². The van der Waals surface area contributed by atoms with E-state index >= 15 is 0 Å². The monoisotopic (exact) mass is 321 g/mol. The van der Waals surface area contributed by atoms with Crippen molar-refractivity contribution in [2.45, 2.75) is 32.2 Å². The maximum atomic E-state index is 11.9. The zero-order chi connectivity index (χ0) is 17.0. The molecule has 0 aromatic carbocycles. The number of hydrogen-bond donors (Lipinski definition) is 2. The summed E-state index contributed by atoms with van der Waals surface area (Å²) in [7, 11) is 0. The molecule has 1 unspecified atom stereocenters. The van der Waals surface area contributed by atoms with Gasteiger partial charge in [-0.3, -0.25) is 19.7 Å². The van der Waals surface area contributed by atoms with Crippen LogP contribution in [0.4, 0.5) is 11.5 Å². The molecule has 9 heteroatoms. The van der Waals surface area contributed by atoms with E-state index in [0.717, 1.165) is 25.1 Å². The molecule has 1 atom stereocenters. The second-order valence-electron chi connectivity index (χ2n) is 5.49. The third-order valence-corrected chi connectivity index (χ3v) is 3.81. The quantitative estimate of drug-likeness (QED) is 0.591. The number of hydrogen-bond acceptors (Lipinski definition) is 6. The van der Waals surface area contributed by atoms with Gasteiger partial charge in [-0.1, -0.05) is 0 Å². The largest absolute Gasteiger partial charge is 0.367 e. The first kappa shape index (κ1) is 16.7. The van der Waals surface area contributed by atoms with Crippen LogP contribution in [0.25, 0.3) is 0 Å². The van der Waals surface area contributed by atoms with Crippen LogP contribution in [-0.4, -0.2) is 45.8 Å². The van der Waals surface area contributed by atoms with Gasteiger partial charge in [0, 0.05) is 31.6 Å². The highest BCUT2D eigenvalue weighted by molar-refractivity contribution is 5.98. The lowest BCUT2D eigenvalue weighted by Gasteiger charge is -2.32. The van der Waals surface area contributed by atoms with Crippen LogP contribution in [0.15, 0.2) is 12.3 Å². The van der Waals surface area contributed by atoms with E-state index in [9.17, 15) is 19.7 Å². The number of carbonyl (C=O) groups is 2. The molecule has 2 heterocycles. The van der Waals surface area contributed by atoms with Crippen LogP contribution in [-0.2, 0) is 4.79 Å². The SMILES string of the molecule is CC(CNc1ncc([N+](=O)[O-])cc1C(N)=O)N1CCCCC1=O. The fraction of sp³-hybridized carbons (Fsp3) is 0.500. The number of likely N-dealkylation sites (tertiary alicyclic amines) is 1. The Morgan fingerprint density at radius 3 is 2.91 bits per heavy atom. The Kier molecular flexibility index (Phi) is 5.09. The van der Waals surface area contributed by atoms with Gasteiger partial charge in [0.25, 0.3) is 11.6 Å². The number of primary amides is 1. The molecule has 2 rings (SSSR count). The maximum Gasteiger partial charge on any atom is 0.288 e. The van der Waals surface area contributed by atoms with Crippen molar-refractivity contribution < 1.29 is 14.5 Å². The third kappa shape index (κ3) is 3.93. The zero-order valence-corrected chi connectivity index (χ0v) is 12.8. The van der Waals surface area contributed by atoms with Crippen molar-refractivity contribution in [1.82, 2.24) is 9.88 Å². The lowest BCUT2D eigenvalue weighted by atomic mass is 10.1. The molecular weight excluding hydrogens is 302 g/mol. The number of nitrogens with one attached hydrogen (secondary N) is 1. The molecule has 0 aliphatic carbocycles. The summed E-state index contributed by atoms with van der Waals surface area (Å²) in [5, 5.41) is 13.7. The Balaban J connectivity index is 2.09. The van der Waals surface area contributed by atoms with Gasteiger partial charge in [0.05, 0.1) is 10.5 Å². The van der Waals surface area contributed by atoms with Gasteiger partial charge >= 0.3 is 0 Å². The van der Waals surface area contributed by atoms with E-state index in [0.29, 0.717) is 19.5 Å². The number of piperidine rings is 1. The average molecular weight is 321 g/mol. The highest BCUT2D eigenvalue weighted by atomic mass is 16.6. The molecule has 0 spiro atoms. The maximum absolute atomic E-state index is 11.9. The van der Waals surface area contributed by atoms with E-state index in [-0.39, 0.29) is 29.0 Å². The molecule has 1 saturated heterocycles. The molecule has 124 valence electrons. The molecule has 1 aliphatic rings. The summed E-state index contributed by atoms with van der Waals surface area (Å²) in [5.41, 5.74) is 4.90. The number of nitrogens with two attached hydrogens (primary N) is 1. The predicted molar refractivity (Wildman–Crippen MR) is 82.9 cm³/mol. The van der Waals surface area contributed by atoms with Crippen LogP contribution in [0, 0.1) is 10.1 Å². The summed E-state index contributed by atoms with van der Waals surface area (Å²) in [6.07, 6.45) is 3.49. The van der Waals surface area contributed by atoms with Crippen LogP contribution < -0.4 is 11.1 Å². The highest BCUT2D eigenvalue weighted by Gasteiger charge is 2.23. The van der Waals surface area contributed by atoms with Gasteiger partial charge in [-0.25, -0.2) is 4.98 Å². The van der Waals surface area contributed by atoms with Crippen LogP contribution in [0.5, 0.6) is 0 Å². The van der Waals surface area contributed by atoms with Crippen molar-refractivity contribution in [2.24, 2.45) is 5.73 Å². The number of anilines is 1. The van der Waals surface area contributed by atoms with Crippen LogP contribution in [0.3, 0.4) is 0 Å². The average Bonchev–Trinajstić information content (AvgIpc) is 2.52. The number of nitrogens with zero attached hydrogens (tertiary/aromatic N) is 3. The van der Waals surface area contributed by atoms with E-state index in [1.54, 1.807) is 4.90 Å². The molecule has 9 nitrogen and oxygen atoms in total. The summed E-state index contributed by atoms with van der Waals surface area (Å²) < 4.78 is 0. The van der Waals surface area contributed by atoms with Crippen LogP contribution in [0.2, 0.25) is 0 Å². The van der Waals surface area contributed by atoms with Gasteiger partial charge < -0.3 is 16.0 Å². The summed E-state index contributed by atoms with van der Waals surface area (Å²) in [6, 6.07) is 1.01. The Morgan fingerprint density at radius 1 is 1.57 bits per heavy atom. The standard InChI is InChI=1S/C14H19N5O4/c1-9(18-5-3-2-4-12(18)20)7-16-14-11(13(15)21)6-10(8-17-14)19(22)23/h6,8-9H,2-5,7H2,1H3,(H2,15,21)(H,16,17). The van der Waals surface area contributed by atoms with Gasteiger partial charge in [-0.05, 0) is 19.8 Å². The van der Waals surface area contributed by atoms with E-state index in [1.807, 2.05) is 6.92 Å². The summed E-state index contributed by atoms with van der Waals surface area (Å²) >= 11 is 0. The molecule has 0 saturated carbocycles. The smallest absolute Gasteiger partial charge is 0.288 e. The summed E-state index contributed by atoms with van der Waals surface area (Å²) in [5.74, 6) is -0.512. The minimum atomic E-state index is -0.801. The molecule has 1 fully saturated rings. The van der Waals surface area contributed by atoms with E-state index in [2.05, 4.69) is 10.3 Å². The number of nitro groups is 1. The molecule has 3 N–H and O–H groups in total. The number of rotatable bonds is 6. The van der Waals surface area contributed by atoms with E-state index in [4.69, 9.17) is 5.73 Å². The van der Waals surface area contributed by atoms with Gasteiger partial charge in [0.1, 0.15) is 12.0 Å². The number of aromatic nitrogens is 1. The van der Waals surface area contributed by atoms with Crippen molar-refractivity contribution in [3.8, 4) is 0 Å². The summed E-state index contributed by atoms with van der Waals surface area (Å²) in [6.45, 7) is 2.97. The van der Waals surface area contributed by atoms with Crippen molar-refractivity contribution >= 4 is 23.3 Å². The van der Waals surface area contributed by atoms with Crippen LogP contribution >= 0.6 is 0 Å². The normalized spacial score (nSPS) is 16.0. The molecule has 1 aromatic heterocycles. The zero-order valence-electron chi connectivity index (χ0n) is 12.8. The topological polar surface area (TPSA) is 131 Å². The third-order valence-electron chi connectivity index (χ3n) is 3.81. The second-order valence-corrected chi connectivity index (χ2v) is 5.49. The van der Waals surface area contributed by atoms with Crippen molar-refractivity contribution in [2.75, 3.05) is 18.4 Å². The first-order valence-corrected chi connectivity index (χ1v) is 7.37. The van der Waals surface area contributed by atoms with Gasteiger partial charge in [-0.15, -0.1) is 0 Å². The molecule has 1 aliphatic heterocycles. The molecule has 0 radical (unpaired) electrons. The minimum Gasteiger partial charge on any atom is -0.367 e. The molecular formula is C14H19N5O4. The lowest BCUT2D eigenvalue weighted by Crippen LogP contribution is -2.45. The summed E-state index contributed by atoms with van der Waals surface area (Å²) in [4.78, 5) is 39.1. The number of carbonyl (C=O) groups excluding carboxylic acids is 2. The molecule has 0 bridgehead atoms. The Morgan fingerprint density at radius 2 is 2.30 bits per heavy atom. The van der Waals surface area contributed by atoms with Gasteiger partial charge in [-0.2, -0.15) is 0 Å². The Bertz CT molecular complexity index is 634. The number of amides is 2. The van der Waals surface area contributed by atoms with Gasteiger partial charge in [0.2, 0.25) is 5.91 Å². The molecule has 23 heavy (non-hydrogen) atoms. The first-order chi connectivity index (χ1) is 10.9. The minimum absolute atomic E-state index is 0.0450. The second kappa shape index (κ2) is 7.03. The fourth-order valence-electron chi connectivity index (χ4n) is 2.53. The van der Waals surface area contributed by atoms with Crippen molar-refractivity contribution in [3.05, 3.63) is 27.9 Å². The highest BCUT2D eigenvalue weighted by Crippen LogP contribution is 2.19. The fourth-order valence-corrected chi connectivity index (χ4v) is 2.53. The molecule has 2 amide bonds. The van der Waals surface area contributed by atoms with Gasteiger partial charge in [0.15, 0.2) is 0 Å². The van der Waals surface area contributed by atoms with Crippen molar-refractivity contribution in [1.29, 1.82) is 0 Å². The Labute approximate surface area is 133 Å². The number of pyridine rings is 1. The predicted octanol–water partition coefficient (Wildman–Crippen LogP) is 0.902.